The second-order valence-corrected chi connectivity index (χ2v) is 1.77. The highest BCUT2D eigenvalue weighted by Gasteiger charge is 2.11. The number of ether oxygens (including phenoxy) is 1. The van der Waals surface area contributed by atoms with Crippen LogP contribution >= 0.6 is 12.4 Å². The summed E-state index contributed by atoms with van der Waals surface area (Å²) in [5.41, 5.74) is 5.30. The molecule has 0 fully saturated rings. The standard InChI is InChI=1S/C7H11NO2.ClH/c1-3-5-6(8)7(9)10-4-2;/h1,6H,4-5,8H2,2H3;1H. The SMILES string of the molecule is C#CCC(N)C(=O)OCC.Cl. The Hall–Kier alpha value is -0.720. The van der Waals surface area contributed by atoms with Gasteiger partial charge in [-0.15, -0.1) is 24.8 Å². The van der Waals surface area contributed by atoms with Gasteiger partial charge in [0.1, 0.15) is 6.04 Å². The normalized spacial score (nSPS) is 10.6. The highest BCUT2D eigenvalue weighted by molar-refractivity contribution is 5.85. The number of rotatable bonds is 3. The molecule has 0 saturated carbocycles. The maximum absolute atomic E-state index is 10.7. The third-order valence-electron chi connectivity index (χ3n) is 0.927. The topological polar surface area (TPSA) is 52.3 Å². The first-order valence-corrected chi connectivity index (χ1v) is 3.08. The van der Waals surface area contributed by atoms with Crippen LogP contribution in [0.1, 0.15) is 13.3 Å². The smallest absolute Gasteiger partial charge is 0.323 e. The Labute approximate surface area is 72.7 Å². The van der Waals surface area contributed by atoms with E-state index in [9.17, 15) is 4.79 Å². The lowest BCUT2D eigenvalue weighted by atomic mass is 10.2. The zero-order valence-corrected chi connectivity index (χ0v) is 7.19. The number of hydrogen-bond donors (Lipinski definition) is 1. The summed E-state index contributed by atoms with van der Waals surface area (Å²) in [6.45, 7) is 2.07. The number of carbonyl (C=O) groups is 1. The maximum Gasteiger partial charge on any atom is 0.323 e. The third-order valence-corrected chi connectivity index (χ3v) is 0.927. The van der Waals surface area contributed by atoms with Crippen LogP contribution in [0.4, 0.5) is 0 Å². The van der Waals surface area contributed by atoms with Crippen molar-refractivity contribution in [3.8, 4) is 12.3 Å². The van der Waals surface area contributed by atoms with Crippen LogP contribution in [0.3, 0.4) is 0 Å². The van der Waals surface area contributed by atoms with Gasteiger partial charge in [-0.05, 0) is 6.92 Å². The molecule has 0 radical (unpaired) electrons. The van der Waals surface area contributed by atoms with Crippen LogP contribution < -0.4 is 5.73 Å². The highest BCUT2D eigenvalue weighted by Crippen LogP contribution is 1.89. The van der Waals surface area contributed by atoms with E-state index in [1.165, 1.54) is 0 Å². The van der Waals surface area contributed by atoms with Crippen LogP contribution in [0, 0.1) is 12.3 Å². The van der Waals surface area contributed by atoms with Gasteiger partial charge in [-0.1, -0.05) is 0 Å². The van der Waals surface area contributed by atoms with Crippen LogP contribution in [-0.2, 0) is 9.53 Å². The molecule has 0 amide bonds. The van der Waals surface area contributed by atoms with E-state index >= 15 is 0 Å². The minimum Gasteiger partial charge on any atom is -0.465 e. The first-order chi connectivity index (χ1) is 4.72. The average molecular weight is 178 g/mol. The van der Waals surface area contributed by atoms with Crippen molar-refractivity contribution >= 4 is 18.4 Å². The Bertz CT molecular complexity index is 153. The zero-order valence-electron chi connectivity index (χ0n) is 6.37. The van der Waals surface area contributed by atoms with E-state index < -0.39 is 12.0 Å². The Morgan fingerprint density at radius 2 is 2.36 bits per heavy atom. The van der Waals surface area contributed by atoms with Crippen LogP contribution in [0.5, 0.6) is 0 Å². The van der Waals surface area contributed by atoms with Crippen molar-refractivity contribution in [1.29, 1.82) is 0 Å². The summed E-state index contributed by atoms with van der Waals surface area (Å²) in [6, 6.07) is -0.662. The van der Waals surface area contributed by atoms with Gasteiger partial charge in [0.15, 0.2) is 0 Å². The van der Waals surface area contributed by atoms with Gasteiger partial charge in [0.25, 0.3) is 0 Å². The van der Waals surface area contributed by atoms with Gasteiger partial charge in [-0.3, -0.25) is 4.79 Å². The molecule has 0 aliphatic rings. The first-order valence-electron chi connectivity index (χ1n) is 3.08. The predicted molar refractivity (Wildman–Crippen MR) is 45.3 cm³/mol. The van der Waals surface area contributed by atoms with E-state index in [0.29, 0.717) is 6.61 Å². The van der Waals surface area contributed by atoms with Gasteiger partial charge < -0.3 is 10.5 Å². The van der Waals surface area contributed by atoms with Crippen molar-refractivity contribution < 1.29 is 9.53 Å². The molecule has 0 rings (SSSR count). The van der Waals surface area contributed by atoms with Gasteiger partial charge in [0.05, 0.1) is 6.61 Å². The van der Waals surface area contributed by atoms with Crippen molar-refractivity contribution in [3.63, 3.8) is 0 Å². The lowest BCUT2D eigenvalue weighted by Gasteiger charge is -2.05. The van der Waals surface area contributed by atoms with Crippen molar-refractivity contribution in [3.05, 3.63) is 0 Å². The molecular formula is C7H12ClNO2. The second-order valence-electron chi connectivity index (χ2n) is 1.77. The third kappa shape index (κ3) is 5.71. The van der Waals surface area contributed by atoms with Gasteiger partial charge in [-0.2, -0.15) is 0 Å². The summed E-state index contributed by atoms with van der Waals surface area (Å²) in [6.07, 6.45) is 5.16. The number of halogens is 1. The Kier molecular flexibility index (Phi) is 8.67. The van der Waals surface area contributed by atoms with Gasteiger partial charge in [-0.25, -0.2) is 0 Å². The number of esters is 1. The van der Waals surface area contributed by atoms with E-state index in [2.05, 4.69) is 10.7 Å². The number of nitrogens with two attached hydrogens (primary N) is 1. The molecule has 0 aliphatic heterocycles. The second kappa shape index (κ2) is 7.39. The molecule has 4 heteroatoms. The van der Waals surface area contributed by atoms with Crippen molar-refractivity contribution in [1.82, 2.24) is 0 Å². The molecule has 0 aromatic rings. The minimum absolute atomic E-state index is 0. The Balaban J connectivity index is 0. The number of hydrogen-bond acceptors (Lipinski definition) is 3. The summed E-state index contributed by atoms with van der Waals surface area (Å²) < 4.78 is 4.60. The molecule has 0 spiro atoms. The van der Waals surface area contributed by atoms with Gasteiger partial charge in [0.2, 0.25) is 0 Å². The van der Waals surface area contributed by atoms with Gasteiger partial charge in [0, 0.05) is 6.42 Å². The van der Waals surface area contributed by atoms with Crippen molar-refractivity contribution in [2.45, 2.75) is 19.4 Å². The van der Waals surface area contributed by atoms with Crippen LogP contribution in [-0.4, -0.2) is 18.6 Å². The average Bonchev–Trinajstić information content (AvgIpc) is 1.89. The monoisotopic (exact) mass is 177 g/mol. The van der Waals surface area contributed by atoms with Crippen LogP contribution in [0.25, 0.3) is 0 Å². The summed E-state index contributed by atoms with van der Waals surface area (Å²) in [7, 11) is 0. The van der Waals surface area contributed by atoms with E-state index in [4.69, 9.17) is 12.2 Å². The van der Waals surface area contributed by atoms with Crippen LogP contribution in [0.15, 0.2) is 0 Å². The van der Waals surface area contributed by atoms with Gasteiger partial charge >= 0.3 is 5.97 Å². The lowest BCUT2D eigenvalue weighted by molar-refractivity contribution is -0.144. The molecule has 2 N–H and O–H groups in total. The first kappa shape index (κ1) is 12.9. The van der Waals surface area contributed by atoms with E-state index in [0.717, 1.165) is 0 Å². The fourth-order valence-electron chi connectivity index (χ4n) is 0.460. The molecule has 0 saturated heterocycles. The molecule has 1 atom stereocenters. The molecule has 0 aliphatic carbocycles. The lowest BCUT2D eigenvalue weighted by Crippen LogP contribution is -2.31. The quantitative estimate of drug-likeness (QED) is 0.499. The molecular weight excluding hydrogens is 166 g/mol. The Morgan fingerprint density at radius 3 is 2.73 bits per heavy atom. The molecule has 0 aromatic heterocycles. The van der Waals surface area contributed by atoms with E-state index in [-0.39, 0.29) is 18.8 Å². The molecule has 0 aromatic carbocycles. The Morgan fingerprint density at radius 1 is 1.82 bits per heavy atom. The molecule has 64 valence electrons. The molecule has 11 heavy (non-hydrogen) atoms. The maximum atomic E-state index is 10.7. The minimum atomic E-state index is -0.662. The predicted octanol–water partition coefficient (Wildman–Crippen LogP) is 0.322. The summed E-state index contributed by atoms with van der Waals surface area (Å²) in [5, 5.41) is 0. The number of carbonyl (C=O) groups excluding carboxylic acids is 1. The molecule has 3 nitrogen and oxygen atoms in total. The number of terminal acetylenes is 1. The van der Waals surface area contributed by atoms with E-state index in [1.807, 2.05) is 0 Å². The fourth-order valence-corrected chi connectivity index (χ4v) is 0.460. The van der Waals surface area contributed by atoms with Crippen molar-refractivity contribution in [2.24, 2.45) is 5.73 Å². The summed E-state index contributed by atoms with van der Waals surface area (Å²) in [4.78, 5) is 10.7. The zero-order chi connectivity index (χ0) is 7.98. The van der Waals surface area contributed by atoms with E-state index in [1.54, 1.807) is 6.92 Å². The van der Waals surface area contributed by atoms with Crippen molar-refractivity contribution in [2.75, 3.05) is 6.61 Å². The molecule has 0 heterocycles. The summed E-state index contributed by atoms with van der Waals surface area (Å²) in [5.74, 6) is 1.85. The summed E-state index contributed by atoms with van der Waals surface area (Å²) >= 11 is 0. The fraction of sp³-hybridized carbons (Fsp3) is 0.571. The largest absolute Gasteiger partial charge is 0.465 e. The molecule has 0 bridgehead atoms. The molecule has 1 unspecified atom stereocenters. The van der Waals surface area contributed by atoms with Crippen LogP contribution in [0.2, 0.25) is 0 Å². The highest BCUT2D eigenvalue weighted by atomic mass is 35.5.